The summed E-state index contributed by atoms with van der Waals surface area (Å²) >= 11 is 3.60. The standard InChI is InChI=1S/C17H19BrN2O/c1-11-6-8-17(3,9-7-11)16-20-14(15(18)21-16)13-5-4-12(2)19-10-13/h4-8,10,14-15H,9H2,1-3H3. The Balaban J connectivity index is 1.87. The molecule has 1 aromatic heterocycles. The number of hydrogen-bond donors (Lipinski definition) is 0. The van der Waals surface area contributed by atoms with Crippen molar-refractivity contribution in [3.8, 4) is 0 Å². The molecule has 4 heteroatoms. The van der Waals surface area contributed by atoms with Gasteiger partial charge in [-0.3, -0.25) is 4.98 Å². The highest BCUT2D eigenvalue weighted by atomic mass is 79.9. The average Bonchev–Trinajstić information content (AvgIpc) is 2.86. The number of ether oxygens (including phenoxy) is 1. The van der Waals surface area contributed by atoms with Gasteiger partial charge in [-0.2, -0.15) is 0 Å². The first kappa shape index (κ1) is 14.5. The summed E-state index contributed by atoms with van der Waals surface area (Å²) in [5.74, 6) is 0.801. The molecule has 3 nitrogen and oxygen atoms in total. The van der Waals surface area contributed by atoms with Crippen molar-refractivity contribution in [3.63, 3.8) is 0 Å². The SMILES string of the molecule is CC1=CCC(C)(C2=NC(c3ccc(C)nc3)C(Br)O2)C=C1. The predicted molar refractivity (Wildman–Crippen MR) is 88.6 cm³/mol. The summed E-state index contributed by atoms with van der Waals surface area (Å²) in [6.07, 6.45) is 9.37. The van der Waals surface area contributed by atoms with Crippen LogP contribution in [0, 0.1) is 12.3 Å². The normalized spacial score (nSPS) is 31.6. The van der Waals surface area contributed by atoms with Crippen LogP contribution in [0.5, 0.6) is 0 Å². The highest BCUT2D eigenvalue weighted by Gasteiger charge is 2.39. The lowest BCUT2D eigenvalue weighted by Gasteiger charge is -2.26. The summed E-state index contributed by atoms with van der Waals surface area (Å²) in [6, 6.07) is 4.04. The van der Waals surface area contributed by atoms with Crippen LogP contribution in [0.1, 0.15) is 37.6 Å². The Hall–Kier alpha value is -1.42. The third kappa shape index (κ3) is 2.82. The number of aryl methyl sites for hydroxylation is 1. The van der Waals surface area contributed by atoms with Crippen molar-refractivity contribution < 1.29 is 4.74 Å². The van der Waals surface area contributed by atoms with Crippen molar-refractivity contribution in [3.05, 3.63) is 53.4 Å². The molecule has 0 fully saturated rings. The lowest BCUT2D eigenvalue weighted by molar-refractivity contribution is 0.261. The summed E-state index contributed by atoms with van der Waals surface area (Å²) in [4.78, 5) is 9.17. The zero-order chi connectivity index (χ0) is 15.0. The lowest BCUT2D eigenvalue weighted by Crippen LogP contribution is -2.27. The fraction of sp³-hybridized carbons (Fsp3) is 0.412. The Labute approximate surface area is 134 Å². The molecule has 0 bridgehead atoms. The Kier molecular flexibility index (Phi) is 3.74. The van der Waals surface area contributed by atoms with Crippen LogP contribution in [0.4, 0.5) is 0 Å². The minimum Gasteiger partial charge on any atom is -0.463 e. The fourth-order valence-electron chi connectivity index (χ4n) is 2.53. The van der Waals surface area contributed by atoms with E-state index in [4.69, 9.17) is 9.73 Å². The van der Waals surface area contributed by atoms with E-state index in [0.29, 0.717) is 0 Å². The number of halogens is 1. The van der Waals surface area contributed by atoms with Crippen LogP contribution in [-0.2, 0) is 4.74 Å². The van der Waals surface area contributed by atoms with Gasteiger partial charge in [-0.1, -0.05) is 29.9 Å². The van der Waals surface area contributed by atoms with Crippen molar-refractivity contribution in [1.82, 2.24) is 4.98 Å². The first-order chi connectivity index (χ1) is 9.98. The molecular formula is C17H19BrN2O. The van der Waals surface area contributed by atoms with E-state index >= 15 is 0 Å². The van der Waals surface area contributed by atoms with Crippen LogP contribution in [0.15, 0.2) is 47.1 Å². The Morgan fingerprint density at radius 2 is 2.14 bits per heavy atom. The molecule has 0 saturated carbocycles. The molecule has 0 aromatic carbocycles. The summed E-state index contributed by atoms with van der Waals surface area (Å²) in [7, 11) is 0. The number of hydrogen-bond acceptors (Lipinski definition) is 3. The molecule has 3 rings (SSSR count). The molecule has 0 spiro atoms. The van der Waals surface area contributed by atoms with Gasteiger partial charge in [-0.25, -0.2) is 4.99 Å². The fourth-order valence-corrected chi connectivity index (χ4v) is 3.13. The van der Waals surface area contributed by atoms with Crippen molar-refractivity contribution >= 4 is 21.8 Å². The molecule has 1 aliphatic heterocycles. The van der Waals surface area contributed by atoms with E-state index in [0.717, 1.165) is 23.6 Å². The Morgan fingerprint density at radius 1 is 1.33 bits per heavy atom. The van der Waals surface area contributed by atoms with Gasteiger partial charge in [0.05, 0.1) is 5.41 Å². The highest BCUT2D eigenvalue weighted by molar-refractivity contribution is 9.09. The monoisotopic (exact) mass is 346 g/mol. The smallest absolute Gasteiger partial charge is 0.195 e. The van der Waals surface area contributed by atoms with Crippen LogP contribution in [0.3, 0.4) is 0 Å². The zero-order valence-corrected chi connectivity index (χ0v) is 14.1. The maximum absolute atomic E-state index is 5.99. The van der Waals surface area contributed by atoms with Gasteiger partial charge in [0.2, 0.25) is 0 Å². The van der Waals surface area contributed by atoms with Crippen molar-refractivity contribution in [2.45, 2.75) is 38.2 Å². The van der Waals surface area contributed by atoms with E-state index in [9.17, 15) is 0 Å². The summed E-state index contributed by atoms with van der Waals surface area (Å²) in [5, 5.41) is -0.130. The van der Waals surface area contributed by atoms with Gasteiger partial charge in [-0.15, -0.1) is 0 Å². The Morgan fingerprint density at radius 3 is 2.76 bits per heavy atom. The van der Waals surface area contributed by atoms with Gasteiger partial charge in [0.25, 0.3) is 0 Å². The van der Waals surface area contributed by atoms with E-state index < -0.39 is 0 Å². The first-order valence-corrected chi connectivity index (χ1v) is 8.07. The van der Waals surface area contributed by atoms with E-state index in [1.807, 2.05) is 19.2 Å². The number of aliphatic imine (C=N–C) groups is 1. The van der Waals surface area contributed by atoms with E-state index in [1.54, 1.807) is 0 Å². The third-order valence-corrected chi connectivity index (χ3v) is 4.74. The molecule has 0 N–H and O–H groups in total. The van der Waals surface area contributed by atoms with Crippen molar-refractivity contribution in [2.24, 2.45) is 10.4 Å². The third-order valence-electron chi connectivity index (χ3n) is 4.06. The molecule has 2 aliphatic rings. The number of rotatable bonds is 2. The molecule has 1 aliphatic carbocycles. The first-order valence-electron chi connectivity index (χ1n) is 7.15. The largest absolute Gasteiger partial charge is 0.463 e. The van der Waals surface area contributed by atoms with E-state index in [2.05, 4.69) is 59.1 Å². The quantitative estimate of drug-likeness (QED) is 0.739. The second-order valence-electron chi connectivity index (χ2n) is 5.98. The second kappa shape index (κ2) is 5.41. The number of allylic oxidation sites excluding steroid dienone is 3. The van der Waals surface area contributed by atoms with Crippen molar-refractivity contribution in [1.29, 1.82) is 0 Å². The zero-order valence-electron chi connectivity index (χ0n) is 12.5. The molecular weight excluding hydrogens is 328 g/mol. The number of aromatic nitrogens is 1. The van der Waals surface area contributed by atoms with Crippen LogP contribution in [-0.4, -0.2) is 15.9 Å². The van der Waals surface area contributed by atoms with Crippen LogP contribution in [0.25, 0.3) is 0 Å². The molecule has 3 unspecified atom stereocenters. The average molecular weight is 347 g/mol. The molecule has 1 aromatic rings. The minimum absolute atomic E-state index is 0.0367. The summed E-state index contributed by atoms with van der Waals surface area (Å²) in [6.45, 7) is 6.26. The van der Waals surface area contributed by atoms with Crippen molar-refractivity contribution in [2.75, 3.05) is 0 Å². The molecule has 2 heterocycles. The van der Waals surface area contributed by atoms with Gasteiger partial charge in [-0.05, 0) is 54.8 Å². The second-order valence-corrected chi connectivity index (χ2v) is 6.89. The van der Waals surface area contributed by atoms with Crippen LogP contribution < -0.4 is 0 Å². The topological polar surface area (TPSA) is 34.5 Å². The van der Waals surface area contributed by atoms with E-state index in [1.165, 1.54) is 5.57 Å². The van der Waals surface area contributed by atoms with Gasteiger partial charge in [0.15, 0.2) is 10.9 Å². The summed E-state index contributed by atoms with van der Waals surface area (Å²) < 4.78 is 5.99. The number of alkyl halides is 1. The summed E-state index contributed by atoms with van der Waals surface area (Å²) in [5.41, 5.74) is 3.22. The maximum Gasteiger partial charge on any atom is 0.195 e. The van der Waals surface area contributed by atoms with Crippen LogP contribution in [0.2, 0.25) is 0 Å². The molecule has 0 radical (unpaired) electrons. The molecule has 21 heavy (non-hydrogen) atoms. The predicted octanol–water partition coefficient (Wildman–Crippen LogP) is 4.49. The maximum atomic E-state index is 5.99. The molecule has 110 valence electrons. The highest BCUT2D eigenvalue weighted by Crippen LogP contribution is 2.40. The van der Waals surface area contributed by atoms with Gasteiger partial charge in [0.1, 0.15) is 6.04 Å². The van der Waals surface area contributed by atoms with Crippen LogP contribution >= 0.6 is 15.9 Å². The molecule has 0 saturated heterocycles. The molecule has 3 atom stereocenters. The number of nitrogens with zero attached hydrogens (tertiary/aromatic N) is 2. The van der Waals surface area contributed by atoms with Gasteiger partial charge < -0.3 is 4.74 Å². The minimum atomic E-state index is -0.154. The lowest BCUT2D eigenvalue weighted by atomic mass is 9.82. The van der Waals surface area contributed by atoms with E-state index in [-0.39, 0.29) is 16.5 Å². The number of pyridine rings is 1. The Bertz CT molecular complexity index is 633. The molecule has 0 amide bonds. The van der Waals surface area contributed by atoms with Gasteiger partial charge in [0, 0.05) is 11.9 Å². The van der Waals surface area contributed by atoms with Gasteiger partial charge >= 0.3 is 0 Å².